The van der Waals surface area contributed by atoms with Gasteiger partial charge >= 0.3 is 0 Å². The number of hydrogen-bond donors (Lipinski definition) is 0. The fourth-order valence-electron chi connectivity index (χ4n) is 1.33. The third-order valence-corrected chi connectivity index (χ3v) is 2.14. The van der Waals surface area contributed by atoms with E-state index in [0.29, 0.717) is 0 Å². The van der Waals surface area contributed by atoms with E-state index in [1.165, 1.54) is 17.5 Å². The lowest BCUT2D eigenvalue weighted by molar-refractivity contribution is 1.09. The number of rotatable bonds is 1. The van der Waals surface area contributed by atoms with Crippen LogP contribution in [0.3, 0.4) is 0 Å². The first-order valence-electron chi connectivity index (χ1n) is 4.56. The first-order valence-corrected chi connectivity index (χ1v) is 4.56. The van der Waals surface area contributed by atoms with Crippen LogP contribution in [0, 0.1) is 0 Å². The topological polar surface area (TPSA) is 17.8 Å². The normalized spacial score (nSPS) is 10.9. The maximum Gasteiger partial charge on any atom is 0.0986 e. The maximum absolute atomic E-state index is 3.78. The molecule has 2 nitrogen and oxygen atoms in total. The van der Waals surface area contributed by atoms with E-state index in [1.807, 2.05) is 6.20 Å². The largest absolute Gasteiger partial charge is 0.314 e. The molecule has 0 spiro atoms. The van der Waals surface area contributed by atoms with Crippen LogP contribution < -0.4 is 0 Å². The van der Waals surface area contributed by atoms with Crippen LogP contribution in [0.4, 0.5) is 0 Å². The molecular formula is C12H12N2. The molecule has 1 heterocycles. The molecule has 2 aromatic rings. The summed E-state index contributed by atoms with van der Waals surface area (Å²) in [5.41, 5.74) is 2.97. The zero-order chi connectivity index (χ0) is 9.80. The highest BCUT2D eigenvalue weighted by Crippen LogP contribution is 2.18. The number of imidazole rings is 1. The molecule has 0 unspecified atom stereocenters. The van der Waals surface area contributed by atoms with E-state index in [1.54, 1.807) is 23.3 Å². The highest BCUT2D eigenvalue weighted by Gasteiger charge is 2.04. The van der Waals surface area contributed by atoms with Crippen molar-refractivity contribution in [3.63, 3.8) is 0 Å². The quantitative estimate of drug-likeness (QED) is 0.568. The van der Waals surface area contributed by atoms with Gasteiger partial charge in [0, 0.05) is 18.6 Å². The SMILES string of the molecule is C=Cn1ccnc1.c1cc2cc(c1)C2. The molecule has 0 fully saturated rings. The number of fused-ring (bicyclic) bond motifs is 2. The highest BCUT2D eigenvalue weighted by atomic mass is 15.0. The van der Waals surface area contributed by atoms with Crippen LogP contribution in [0.5, 0.6) is 0 Å². The Morgan fingerprint density at radius 1 is 1.36 bits per heavy atom. The minimum absolute atomic E-state index is 1.22. The fourth-order valence-corrected chi connectivity index (χ4v) is 1.33. The molecule has 2 aliphatic rings. The summed E-state index contributed by atoms with van der Waals surface area (Å²) in [6.45, 7) is 3.53. The summed E-state index contributed by atoms with van der Waals surface area (Å²) in [5.74, 6) is 0. The molecule has 0 saturated carbocycles. The van der Waals surface area contributed by atoms with Crippen molar-refractivity contribution in [1.82, 2.24) is 9.55 Å². The average Bonchev–Trinajstić information content (AvgIpc) is 2.71. The van der Waals surface area contributed by atoms with Crippen LogP contribution in [0.25, 0.3) is 6.20 Å². The van der Waals surface area contributed by atoms with Gasteiger partial charge in [-0.05, 0) is 17.5 Å². The second kappa shape index (κ2) is 3.92. The van der Waals surface area contributed by atoms with E-state index >= 15 is 0 Å². The van der Waals surface area contributed by atoms with Gasteiger partial charge in [-0.3, -0.25) is 0 Å². The minimum atomic E-state index is 1.22. The fraction of sp³-hybridized carbons (Fsp3) is 0.0833. The summed E-state index contributed by atoms with van der Waals surface area (Å²) in [5, 5.41) is 0. The molecule has 2 aliphatic carbocycles. The van der Waals surface area contributed by atoms with Gasteiger partial charge in [-0.25, -0.2) is 4.98 Å². The monoisotopic (exact) mass is 184 g/mol. The van der Waals surface area contributed by atoms with E-state index in [2.05, 4.69) is 35.8 Å². The zero-order valence-electron chi connectivity index (χ0n) is 7.93. The molecule has 1 aromatic carbocycles. The lowest BCUT2D eigenvalue weighted by Crippen LogP contribution is -1.97. The summed E-state index contributed by atoms with van der Waals surface area (Å²) in [6, 6.07) is 8.65. The molecule has 0 radical (unpaired) electrons. The molecule has 70 valence electrons. The summed E-state index contributed by atoms with van der Waals surface area (Å²) in [7, 11) is 0. The van der Waals surface area contributed by atoms with Crippen LogP contribution >= 0.6 is 0 Å². The van der Waals surface area contributed by atoms with E-state index in [-0.39, 0.29) is 0 Å². The number of aromatic nitrogens is 2. The molecule has 0 amide bonds. The Labute approximate surface area is 83.5 Å². The summed E-state index contributed by atoms with van der Waals surface area (Å²) < 4.78 is 1.78. The minimum Gasteiger partial charge on any atom is -0.314 e. The van der Waals surface area contributed by atoms with E-state index in [9.17, 15) is 0 Å². The standard InChI is InChI=1S/C7H6.C5H6N2/c1-2-6-4-7(3-1)5-6;1-2-7-4-3-6-5-7/h1-4H,5H2;2-5H,1H2. The third kappa shape index (κ3) is 1.91. The predicted molar refractivity (Wildman–Crippen MR) is 57.9 cm³/mol. The van der Waals surface area contributed by atoms with Gasteiger partial charge < -0.3 is 4.57 Å². The van der Waals surface area contributed by atoms with Crippen molar-refractivity contribution in [1.29, 1.82) is 0 Å². The van der Waals surface area contributed by atoms with Crippen LogP contribution in [-0.4, -0.2) is 9.55 Å². The Morgan fingerprint density at radius 2 is 2.07 bits per heavy atom. The van der Waals surface area contributed by atoms with Gasteiger partial charge in [0.15, 0.2) is 0 Å². The van der Waals surface area contributed by atoms with Gasteiger partial charge in [0.1, 0.15) is 0 Å². The van der Waals surface area contributed by atoms with Crippen molar-refractivity contribution in [2.75, 3.05) is 0 Å². The molecular weight excluding hydrogens is 172 g/mol. The van der Waals surface area contributed by atoms with Gasteiger partial charge in [-0.2, -0.15) is 0 Å². The van der Waals surface area contributed by atoms with Crippen LogP contribution in [0.15, 0.2) is 49.6 Å². The summed E-state index contributed by atoms with van der Waals surface area (Å²) in [4.78, 5) is 3.78. The number of hydrogen-bond acceptors (Lipinski definition) is 1. The Morgan fingerprint density at radius 3 is 2.29 bits per heavy atom. The molecule has 4 rings (SSSR count). The van der Waals surface area contributed by atoms with Crippen molar-refractivity contribution >= 4 is 6.20 Å². The second-order valence-electron chi connectivity index (χ2n) is 3.19. The lowest BCUT2D eigenvalue weighted by Gasteiger charge is -2.11. The van der Waals surface area contributed by atoms with Gasteiger partial charge in [0.05, 0.1) is 6.33 Å². The maximum atomic E-state index is 3.78. The predicted octanol–water partition coefficient (Wildman–Crippen LogP) is 2.57. The van der Waals surface area contributed by atoms with Gasteiger partial charge in [0.2, 0.25) is 0 Å². The third-order valence-electron chi connectivity index (χ3n) is 2.14. The van der Waals surface area contributed by atoms with Crippen molar-refractivity contribution in [3.8, 4) is 0 Å². The summed E-state index contributed by atoms with van der Waals surface area (Å²) >= 11 is 0. The van der Waals surface area contributed by atoms with Crippen molar-refractivity contribution < 1.29 is 0 Å². The van der Waals surface area contributed by atoms with E-state index in [0.717, 1.165) is 0 Å². The average molecular weight is 184 g/mol. The van der Waals surface area contributed by atoms with Gasteiger partial charge in [-0.1, -0.05) is 30.8 Å². The number of benzene rings is 1. The Bertz CT molecular complexity index is 391. The molecule has 0 aliphatic heterocycles. The van der Waals surface area contributed by atoms with Crippen molar-refractivity contribution in [3.05, 3.63) is 60.7 Å². The van der Waals surface area contributed by atoms with Gasteiger partial charge in [-0.15, -0.1) is 0 Å². The smallest absolute Gasteiger partial charge is 0.0986 e. The van der Waals surface area contributed by atoms with Crippen LogP contribution in [0.2, 0.25) is 0 Å². The zero-order valence-corrected chi connectivity index (χ0v) is 7.93. The molecule has 2 heteroatoms. The first-order chi connectivity index (χ1) is 6.88. The Kier molecular flexibility index (Phi) is 2.45. The highest BCUT2D eigenvalue weighted by molar-refractivity contribution is 5.37. The molecule has 14 heavy (non-hydrogen) atoms. The first kappa shape index (κ1) is 8.75. The molecule has 1 aromatic heterocycles. The van der Waals surface area contributed by atoms with Crippen molar-refractivity contribution in [2.45, 2.75) is 6.42 Å². The second-order valence-corrected chi connectivity index (χ2v) is 3.19. The number of nitrogens with zero attached hydrogens (tertiary/aromatic N) is 2. The Balaban J connectivity index is 0.000000107. The van der Waals surface area contributed by atoms with Crippen molar-refractivity contribution in [2.24, 2.45) is 0 Å². The van der Waals surface area contributed by atoms with E-state index < -0.39 is 0 Å². The van der Waals surface area contributed by atoms with Crippen LogP contribution in [-0.2, 0) is 6.42 Å². The summed E-state index contributed by atoms with van der Waals surface area (Å²) in [6.07, 6.45) is 8.13. The lowest BCUT2D eigenvalue weighted by atomic mass is 9.94. The molecule has 0 atom stereocenters. The van der Waals surface area contributed by atoms with E-state index in [4.69, 9.17) is 0 Å². The molecule has 0 saturated heterocycles. The molecule has 0 N–H and O–H groups in total. The van der Waals surface area contributed by atoms with Gasteiger partial charge in [0.25, 0.3) is 0 Å². The Hall–Kier alpha value is -1.83. The molecule has 2 bridgehead atoms. The van der Waals surface area contributed by atoms with Crippen LogP contribution in [0.1, 0.15) is 11.1 Å².